The van der Waals surface area contributed by atoms with Gasteiger partial charge in [0.05, 0.1) is 18.6 Å². The van der Waals surface area contributed by atoms with E-state index in [1.807, 2.05) is 37.3 Å². The molecule has 2 aromatic carbocycles. The molecule has 1 amide bonds. The third kappa shape index (κ3) is 6.69. The molecule has 4 aromatic rings. The number of nitrogens with one attached hydrogen (secondary N) is 2. The SMILES string of the molecule is Cc1ccc(NC(=O)c2ccc(COS(C)(=O)=O)cc2)cc1Nc1nccc(-c2cccnc2)n1. The van der Waals surface area contributed by atoms with Gasteiger partial charge in [-0.25, -0.2) is 9.97 Å². The van der Waals surface area contributed by atoms with Crippen molar-refractivity contribution in [2.24, 2.45) is 0 Å². The monoisotopic (exact) mass is 489 g/mol. The maximum Gasteiger partial charge on any atom is 0.264 e. The predicted octanol–water partition coefficient (Wildman–Crippen LogP) is 4.32. The van der Waals surface area contributed by atoms with Crippen LogP contribution in [0.3, 0.4) is 0 Å². The summed E-state index contributed by atoms with van der Waals surface area (Å²) in [6.07, 6.45) is 6.10. The number of carbonyl (C=O) groups is 1. The van der Waals surface area contributed by atoms with Crippen molar-refractivity contribution in [1.29, 1.82) is 0 Å². The molecule has 9 nitrogen and oxygen atoms in total. The number of nitrogens with zero attached hydrogens (tertiary/aromatic N) is 3. The Kier molecular flexibility index (Phi) is 7.14. The standard InChI is InChI=1S/C25H23N5O4S/c1-17-5-10-21(28-24(31)19-8-6-18(7-9-19)16-34-35(2,32)33)14-23(17)30-25-27-13-11-22(29-25)20-4-3-12-26-15-20/h3-15H,16H2,1-2H3,(H,28,31)(H,27,29,30). The van der Waals surface area contributed by atoms with E-state index in [-0.39, 0.29) is 12.5 Å². The molecule has 2 N–H and O–H groups in total. The molecule has 0 bridgehead atoms. The van der Waals surface area contributed by atoms with Crippen molar-refractivity contribution >= 4 is 33.3 Å². The Bertz CT molecular complexity index is 1440. The van der Waals surface area contributed by atoms with Crippen molar-refractivity contribution in [3.05, 3.63) is 95.9 Å². The summed E-state index contributed by atoms with van der Waals surface area (Å²) in [5, 5.41) is 6.08. The molecule has 4 rings (SSSR count). The highest BCUT2D eigenvalue weighted by molar-refractivity contribution is 7.85. The zero-order chi connectivity index (χ0) is 24.8. The molecule has 2 heterocycles. The number of benzene rings is 2. The molecule has 178 valence electrons. The quantitative estimate of drug-likeness (QED) is 0.351. The number of carbonyl (C=O) groups excluding carboxylic acids is 1. The summed E-state index contributed by atoms with van der Waals surface area (Å²) in [4.78, 5) is 25.7. The third-order valence-electron chi connectivity index (χ3n) is 5.01. The molecule has 0 saturated carbocycles. The highest BCUT2D eigenvalue weighted by atomic mass is 32.2. The fourth-order valence-electron chi connectivity index (χ4n) is 3.18. The summed E-state index contributed by atoms with van der Waals surface area (Å²) in [5.74, 6) is 0.120. The van der Waals surface area contributed by atoms with Crippen molar-refractivity contribution in [1.82, 2.24) is 15.0 Å². The van der Waals surface area contributed by atoms with Gasteiger partial charge in [0.2, 0.25) is 5.95 Å². The van der Waals surface area contributed by atoms with E-state index in [1.54, 1.807) is 48.9 Å². The minimum absolute atomic E-state index is 0.0855. The van der Waals surface area contributed by atoms with Gasteiger partial charge in [-0.15, -0.1) is 0 Å². The van der Waals surface area contributed by atoms with E-state index in [1.165, 1.54) is 0 Å². The zero-order valence-corrected chi connectivity index (χ0v) is 19.9. The van der Waals surface area contributed by atoms with Gasteiger partial charge in [0, 0.05) is 41.1 Å². The summed E-state index contributed by atoms with van der Waals surface area (Å²) in [7, 11) is -3.53. The van der Waals surface area contributed by atoms with Crippen molar-refractivity contribution in [2.75, 3.05) is 16.9 Å². The topological polar surface area (TPSA) is 123 Å². The summed E-state index contributed by atoms with van der Waals surface area (Å²) >= 11 is 0. The lowest BCUT2D eigenvalue weighted by atomic mass is 10.1. The lowest BCUT2D eigenvalue weighted by Crippen LogP contribution is -2.12. The minimum Gasteiger partial charge on any atom is -0.324 e. The second kappa shape index (κ2) is 10.4. The van der Waals surface area contributed by atoms with Crippen LogP contribution in [0.1, 0.15) is 21.5 Å². The van der Waals surface area contributed by atoms with Crippen LogP contribution in [-0.2, 0) is 20.9 Å². The third-order valence-corrected chi connectivity index (χ3v) is 5.56. The van der Waals surface area contributed by atoms with E-state index in [0.29, 0.717) is 22.8 Å². The molecule has 0 aliphatic rings. The molecule has 0 aliphatic carbocycles. The first kappa shape index (κ1) is 24.0. The van der Waals surface area contributed by atoms with Crippen LogP contribution in [0, 0.1) is 6.92 Å². The maximum absolute atomic E-state index is 12.7. The predicted molar refractivity (Wildman–Crippen MR) is 134 cm³/mol. The number of aryl methyl sites for hydroxylation is 1. The molecule has 0 atom stereocenters. The molecule has 35 heavy (non-hydrogen) atoms. The molecule has 0 spiro atoms. The first-order valence-electron chi connectivity index (χ1n) is 10.6. The first-order valence-corrected chi connectivity index (χ1v) is 12.4. The highest BCUT2D eigenvalue weighted by Gasteiger charge is 2.10. The van der Waals surface area contributed by atoms with Crippen molar-refractivity contribution in [3.8, 4) is 11.3 Å². The van der Waals surface area contributed by atoms with Gasteiger partial charge in [0.1, 0.15) is 0 Å². The summed E-state index contributed by atoms with van der Waals surface area (Å²) in [6.45, 7) is 1.86. The van der Waals surface area contributed by atoms with Crippen LogP contribution in [0.5, 0.6) is 0 Å². The van der Waals surface area contributed by atoms with Crippen molar-refractivity contribution < 1.29 is 17.4 Å². The molecule has 0 aliphatic heterocycles. The first-order chi connectivity index (χ1) is 16.8. The Morgan fingerprint density at radius 2 is 1.83 bits per heavy atom. The van der Waals surface area contributed by atoms with E-state index < -0.39 is 10.1 Å². The smallest absolute Gasteiger partial charge is 0.264 e. The van der Waals surface area contributed by atoms with Crippen LogP contribution in [0.15, 0.2) is 79.3 Å². The van der Waals surface area contributed by atoms with Crippen molar-refractivity contribution in [3.63, 3.8) is 0 Å². The second-order valence-corrected chi connectivity index (χ2v) is 9.42. The average molecular weight is 490 g/mol. The van der Waals surface area contributed by atoms with Crippen LogP contribution in [0.2, 0.25) is 0 Å². The summed E-state index contributed by atoms with van der Waals surface area (Å²) in [6, 6.07) is 17.6. The fourth-order valence-corrected chi connectivity index (χ4v) is 3.53. The minimum atomic E-state index is -3.53. The second-order valence-electron chi connectivity index (χ2n) is 7.78. The van der Waals surface area contributed by atoms with Crippen LogP contribution >= 0.6 is 0 Å². The fraction of sp³-hybridized carbons (Fsp3) is 0.120. The molecule has 0 saturated heterocycles. The number of hydrogen-bond donors (Lipinski definition) is 2. The molecule has 0 unspecified atom stereocenters. The maximum atomic E-state index is 12.7. The Balaban J connectivity index is 1.45. The van der Waals surface area contributed by atoms with Crippen LogP contribution < -0.4 is 10.6 Å². The van der Waals surface area contributed by atoms with Gasteiger partial charge in [-0.1, -0.05) is 18.2 Å². The van der Waals surface area contributed by atoms with Crippen molar-refractivity contribution in [2.45, 2.75) is 13.5 Å². The van der Waals surface area contributed by atoms with E-state index in [2.05, 4.69) is 25.6 Å². The zero-order valence-electron chi connectivity index (χ0n) is 19.1. The van der Waals surface area contributed by atoms with E-state index in [0.717, 1.165) is 28.8 Å². The van der Waals surface area contributed by atoms with E-state index >= 15 is 0 Å². The van der Waals surface area contributed by atoms with Gasteiger partial charge in [-0.2, -0.15) is 8.42 Å². The van der Waals surface area contributed by atoms with Gasteiger partial charge in [0.25, 0.3) is 16.0 Å². The molecule has 0 fully saturated rings. The van der Waals surface area contributed by atoms with Gasteiger partial charge in [-0.3, -0.25) is 14.0 Å². The lowest BCUT2D eigenvalue weighted by molar-refractivity contribution is 0.102. The van der Waals surface area contributed by atoms with Crippen LogP contribution in [0.25, 0.3) is 11.3 Å². The Morgan fingerprint density at radius 3 is 2.54 bits per heavy atom. The highest BCUT2D eigenvalue weighted by Crippen LogP contribution is 2.24. The Morgan fingerprint density at radius 1 is 1.03 bits per heavy atom. The number of anilines is 3. The van der Waals surface area contributed by atoms with E-state index in [9.17, 15) is 13.2 Å². The van der Waals surface area contributed by atoms with Crippen LogP contribution in [-0.4, -0.2) is 35.5 Å². The Labute approximate surface area is 203 Å². The lowest BCUT2D eigenvalue weighted by Gasteiger charge is -2.12. The number of pyridine rings is 1. The Hall–Kier alpha value is -4.15. The summed E-state index contributed by atoms with van der Waals surface area (Å²) < 4.78 is 27.0. The number of hydrogen-bond acceptors (Lipinski definition) is 8. The van der Waals surface area contributed by atoms with Gasteiger partial charge in [0.15, 0.2) is 0 Å². The molecular weight excluding hydrogens is 466 g/mol. The van der Waals surface area contributed by atoms with Gasteiger partial charge >= 0.3 is 0 Å². The number of aromatic nitrogens is 3. The number of amides is 1. The molecule has 2 aromatic heterocycles. The molecule has 0 radical (unpaired) electrons. The van der Waals surface area contributed by atoms with E-state index in [4.69, 9.17) is 4.18 Å². The average Bonchev–Trinajstić information content (AvgIpc) is 2.85. The van der Waals surface area contributed by atoms with Gasteiger partial charge in [-0.05, 0) is 60.5 Å². The van der Waals surface area contributed by atoms with Gasteiger partial charge < -0.3 is 10.6 Å². The van der Waals surface area contributed by atoms with Crippen LogP contribution in [0.4, 0.5) is 17.3 Å². The normalized spacial score (nSPS) is 11.1. The number of rotatable bonds is 8. The molecule has 10 heteroatoms. The molecular formula is C25H23N5O4S. The largest absolute Gasteiger partial charge is 0.324 e. The summed E-state index contributed by atoms with van der Waals surface area (Å²) in [5.41, 5.74) is 4.98.